The van der Waals surface area contributed by atoms with E-state index in [0.717, 1.165) is 5.56 Å². The fourth-order valence-electron chi connectivity index (χ4n) is 1.34. The van der Waals surface area contributed by atoms with Crippen molar-refractivity contribution in [2.75, 3.05) is 0 Å². The minimum absolute atomic E-state index is 0.0609. The van der Waals surface area contributed by atoms with Gasteiger partial charge in [-0.05, 0) is 12.1 Å². The molecule has 1 heterocycles. The molecular formula is C10H8ClN3O2. The zero-order chi connectivity index (χ0) is 11.7. The molecule has 0 atom stereocenters. The number of halogens is 1. The molecule has 6 heteroatoms. The Morgan fingerprint density at radius 3 is 2.44 bits per heavy atom. The summed E-state index contributed by atoms with van der Waals surface area (Å²) < 4.78 is 1.54. The van der Waals surface area contributed by atoms with E-state index in [1.807, 2.05) is 0 Å². The van der Waals surface area contributed by atoms with Crippen LogP contribution in [0.25, 0.3) is 11.3 Å². The van der Waals surface area contributed by atoms with Crippen LogP contribution < -0.4 is 0 Å². The summed E-state index contributed by atoms with van der Waals surface area (Å²) in [4.78, 5) is 10.0. The Morgan fingerprint density at radius 1 is 1.38 bits per heavy atom. The van der Waals surface area contributed by atoms with Crippen LogP contribution in [0.15, 0.2) is 30.3 Å². The second-order valence-corrected chi connectivity index (χ2v) is 3.67. The third-order valence-electron chi connectivity index (χ3n) is 2.20. The van der Waals surface area contributed by atoms with E-state index < -0.39 is 4.92 Å². The number of nitrogens with zero attached hydrogens (tertiary/aromatic N) is 3. The average Bonchev–Trinajstić information content (AvgIpc) is 2.59. The van der Waals surface area contributed by atoms with Crippen LogP contribution >= 0.6 is 11.6 Å². The number of aryl methyl sites for hydroxylation is 1. The summed E-state index contributed by atoms with van der Waals surface area (Å²) in [5, 5.41) is 15.2. The lowest BCUT2D eigenvalue weighted by Gasteiger charge is -1.95. The molecule has 0 aliphatic heterocycles. The van der Waals surface area contributed by atoms with Gasteiger partial charge in [-0.1, -0.05) is 11.6 Å². The van der Waals surface area contributed by atoms with Gasteiger partial charge in [-0.3, -0.25) is 14.8 Å². The second kappa shape index (κ2) is 3.94. The Hall–Kier alpha value is -1.88. The van der Waals surface area contributed by atoms with Gasteiger partial charge in [0.15, 0.2) is 0 Å². The minimum Gasteiger partial charge on any atom is -0.258 e. The maximum Gasteiger partial charge on any atom is 0.269 e. The third-order valence-corrected chi connectivity index (χ3v) is 2.55. The monoisotopic (exact) mass is 237 g/mol. The lowest BCUT2D eigenvalue weighted by Crippen LogP contribution is -1.90. The molecule has 82 valence electrons. The first-order valence-electron chi connectivity index (χ1n) is 4.52. The predicted octanol–water partition coefficient (Wildman–Crippen LogP) is 2.65. The van der Waals surface area contributed by atoms with E-state index in [1.165, 1.54) is 16.8 Å². The van der Waals surface area contributed by atoms with Crippen molar-refractivity contribution in [2.24, 2.45) is 7.05 Å². The number of nitro benzene ring substituents is 1. The summed E-state index contributed by atoms with van der Waals surface area (Å²) in [6.07, 6.45) is 0. The number of aromatic nitrogens is 2. The summed E-state index contributed by atoms with van der Waals surface area (Å²) in [7, 11) is 1.73. The molecule has 0 aliphatic carbocycles. The number of hydrogen-bond donors (Lipinski definition) is 0. The minimum atomic E-state index is -0.435. The van der Waals surface area contributed by atoms with Crippen molar-refractivity contribution >= 4 is 17.3 Å². The maximum absolute atomic E-state index is 10.5. The molecule has 0 radical (unpaired) electrons. The number of non-ortho nitro benzene ring substituents is 1. The summed E-state index contributed by atoms with van der Waals surface area (Å²) in [6, 6.07) is 7.89. The van der Waals surface area contributed by atoms with Crippen molar-refractivity contribution in [3.63, 3.8) is 0 Å². The van der Waals surface area contributed by atoms with E-state index in [-0.39, 0.29) is 5.69 Å². The van der Waals surface area contributed by atoms with Crippen LogP contribution in [-0.2, 0) is 7.05 Å². The molecule has 0 saturated carbocycles. The molecule has 0 amide bonds. The molecule has 0 spiro atoms. The lowest BCUT2D eigenvalue weighted by molar-refractivity contribution is -0.384. The van der Waals surface area contributed by atoms with Crippen LogP contribution in [0.4, 0.5) is 5.69 Å². The topological polar surface area (TPSA) is 61.0 Å². The quantitative estimate of drug-likeness (QED) is 0.596. The fraction of sp³-hybridized carbons (Fsp3) is 0.100. The van der Waals surface area contributed by atoms with Gasteiger partial charge in [0.05, 0.1) is 10.6 Å². The molecule has 0 saturated heterocycles. The highest BCUT2D eigenvalue weighted by molar-refractivity contribution is 6.29. The van der Waals surface area contributed by atoms with Crippen molar-refractivity contribution in [3.8, 4) is 11.3 Å². The molecule has 5 nitrogen and oxygen atoms in total. The smallest absolute Gasteiger partial charge is 0.258 e. The van der Waals surface area contributed by atoms with Crippen molar-refractivity contribution in [1.82, 2.24) is 9.78 Å². The van der Waals surface area contributed by atoms with Crippen LogP contribution in [0.5, 0.6) is 0 Å². The van der Waals surface area contributed by atoms with Gasteiger partial charge < -0.3 is 0 Å². The molecule has 2 rings (SSSR count). The van der Waals surface area contributed by atoms with Gasteiger partial charge in [0.1, 0.15) is 5.15 Å². The van der Waals surface area contributed by atoms with Gasteiger partial charge >= 0.3 is 0 Å². The first-order valence-corrected chi connectivity index (χ1v) is 4.90. The van der Waals surface area contributed by atoms with Crippen molar-refractivity contribution in [3.05, 3.63) is 45.6 Å². The Kier molecular flexibility index (Phi) is 2.62. The van der Waals surface area contributed by atoms with Gasteiger partial charge in [0.25, 0.3) is 5.69 Å². The van der Waals surface area contributed by atoms with Crippen molar-refractivity contribution < 1.29 is 4.92 Å². The number of hydrogen-bond acceptors (Lipinski definition) is 3. The average molecular weight is 238 g/mol. The summed E-state index contributed by atoms with van der Waals surface area (Å²) in [5.74, 6) is 0. The summed E-state index contributed by atoms with van der Waals surface area (Å²) >= 11 is 5.85. The number of nitro groups is 1. The molecule has 1 aromatic heterocycles. The lowest BCUT2D eigenvalue weighted by atomic mass is 10.1. The van der Waals surface area contributed by atoms with E-state index in [4.69, 9.17) is 11.6 Å². The molecule has 0 N–H and O–H groups in total. The number of rotatable bonds is 2. The van der Waals surface area contributed by atoms with Crippen LogP contribution in [-0.4, -0.2) is 14.7 Å². The first kappa shape index (κ1) is 10.6. The van der Waals surface area contributed by atoms with E-state index in [0.29, 0.717) is 10.8 Å². The van der Waals surface area contributed by atoms with E-state index in [9.17, 15) is 10.1 Å². The van der Waals surface area contributed by atoms with E-state index in [1.54, 1.807) is 25.2 Å². The summed E-state index contributed by atoms with van der Waals surface area (Å²) in [6.45, 7) is 0. The van der Waals surface area contributed by atoms with Crippen molar-refractivity contribution in [2.45, 2.75) is 0 Å². The zero-order valence-electron chi connectivity index (χ0n) is 8.42. The Labute approximate surface area is 96.4 Å². The van der Waals surface area contributed by atoms with E-state index in [2.05, 4.69) is 5.10 Å². The Bertz CT molecular complexity index is 514. The van der Waals surface area contributed by atoms with Crippen LogP contribution in [0.1, 0.15) is 0 Å². The van der Waals surface area contributed by atoms with Crippen LogP contribution in [0, 0.1) is 10.1 Å². The van der Waals surface area contributed by atoms with Gasteiger partial charge in [-0.25, -0.2) is 0 Å². The highest BCUT2D eigenvalue weighted by atomic mass is 35.5. The van der Waals surface area contributed by atoms with Gasteiger partial charge in [0.2, 0.25) is 0 Å². The summed E-state index contributed by atoms with van der Waals surface area (Å²) in [5.41, 5.74) is 1.56. The first-order chi connectivity index (χ1) is 7.58. The molecule has 0 bridgehead atoms. The molecule has 0 aliphatic rings. The molecular weight excluding hydrogens is 230 g/mol. The molecule has 0 unspecified atom stereocenters. The standard InChI is InChI=1S/C10H8ClN3O2/c1-13-10(11)6-9(12-13)7-2-4-8(5-3-7)14(15)16/h2-6H,1H3. The maximum atomic E-state index is 10.5. The largest absolute Gasteiger partial charge is 0.269 e. The van der Waals surface area contributed by atoms with Crippen LogP contribution in [0.2, 0.25) is 5.15 Å². The fourth-order valence-corrected chi connectivity index (χ4v) is 1.48. The molecule has 1 aromatic carbocycles. The van der Waals surface area contributed by atoms with Gasteiger partial charge in [-0.15, -0.1) is 0 Å². The third kappa shape index (κ3) is 1.90. The highest BCUT2D eigenvalue weighted by Gasteiger charge is 2.08. The van der Waals surface area contributed by atoms with Crippen molar-refractivity contribution in [1.29, 1.82) is 0 Å². The van der Waals surface area contributed by atoms with E-state index >= 15 is 0 Å². The number of benzene rings is 1. The van der Waals surface area contributed by atoms with Gasteiger partial charge in [-0.2, -0.15) is 5.10 Å². The Balaban J connectivity index is 2.38. The van der Waals surface area contributed by atoms with Crippen LogP contribution in [0.3, 0.4) is 0 Å². The second-order valence-electron chi connectivity index (χ2n) is 3.28. The normalized spacial score (nSPS) is 10.4. The predicted molar refractivity (Wildman–Crippen MR) is 60.3 cm³/mol. The Morgan fingerprint density at radius 2 is 2.00 bits per heavy atom. The highest BCUT2D eigenvalue weighted by Crippen LogP contribution is 2.23. The molecule has 2 aromatic rings. The molecule has 16 heavy (non-hydrogen) atoms. The zero-order valence-corrected chi connectivity index (χ0v) is 9.18. The SMILES string of the molecule is Cn1nc(-c2ccc([N+](=O)[O-])cc2)cc1Cl. The van der Waals surface area contributed by atoms with Gasteiger partial charge in [0, 0.05) is 30.8 Å². The molecule has 0 fully saturated rings.